The highest BCUT2D eigenvalue weighted by molar-refractivity contribution is 6.12. The maximum atomic E-state index is 14.4. The van der Waals surface area contributed by atoms with Crippen LogP contribution in [0.2, 0.25) is 0 Å². The van der Waals surface area contributed by atoms with Crippen molar-refractivity contribution in [3.63, 3.8) is 0 Å². The minimum atomic E-state index is -0.860. The van der Waals surface area contributed by atoms with Gasteiger partial charge in [0.1, 0.15) is 29.6 Å². The topological polar surface area (TPSA) is 138 Å². The van der Waals surface area contributed by atoms with Crippen LogP contribution in [0.4, 0.5) is 10.5 Å². The van der Waals surface area contributed by atoms with Gasteiger partial charge in [-0.3, -0.25) is 9.59 Å². The monoisotopic (exact) mass is 659 g/mol. The molecular formula is C37H39N8O4+. The van der Waals surface area contributed by atoms with E-state index >= 15 is 0 Å². The van der Waals surface area contributed by atoms with Crippen LogP contribution < -0.4 is 11.1 Å². The number of amides is 4. The Kier molecular flexibility index (Phi) is 8.70. The summed E-state index contributed by atoms with van der Waals surface area (Å²) < 4.78 is 1.90. The number of carbonyl (C=O) groups is 3. The third-order valence-corrected chi connectivity index (χ3v) is 9.29. The lowest BCUT2D eigenvalue weighted by molar-refractivity contribution is -0.542. The molecule has 0 saturated carbocycles. The summed E-state index contributed by atoms with van der Waals surface area (Å²) in [4.78, 5) is 45.2. The number of allylic oxidation sites excluding steroid dienone is 3. The molecule has 2 saturated heterocycles. The number of nitrogens with one attached hydrogen (secondary N) is 1. The van der Waals surface area contributed by atoms with Crippen LogP contribution in [-0.2, 0) is 29.1 Å². The van der Waals surface area contributed by atoms with Gasteiger partial charge in [-0.1, -0.05) is 77.5 Å². The summed E-state index contributed by atoms with van der Waals surface area (Å²) in [7, 11) is 1.71. The number of hydrazine groups is 1. The molecular weight excluding hydrogens is 620 g/mol. The lowest BCUT2D eigenvalue weighted by atomic mass is 9.92. The Labute approximate surface area is 284 Å². The molecule has 12 nitrogen and oxygen atoms in total. The Bertz CT molecular complexity index is 1890. The summed E-state index contributed by atoms with van der Waals surface area (Å²) in [5.41, 5.74) is 11.2. The average Bonchev–Trinajstić information content (AvgIpc) is 3.50. The first kappa shape index (κ1) is 31.8. The fourth-order valence-corrected chi connectivity index (χ4v) is 6.95. The number of hydrogen-bond donors (Lipinski definition) is 3. The summed E-state index contributed by atoms with van der Waals surface area (Å²) in [6, 6.07) is 22.7. The Hall–Kier alpha value is -5.75. The van der Waals surface area contributed by atoms with Crippen molar-refractivity contribution < 1.29 is 24.2 Å². The SMILES string of the molecule is CN1CC(=O)N2[C@@H](Cc3ccc(O)cc3)C(=O)N(CC3=CC=CC4C=[N+](Cc5cccc(N)c5)N=C34)C[C@@H]2N1C(=O)NCc1ccccc1. The number of hydrogen-bond acceptors (Lipinski definition) is 7. The maximum Gasteiger partial charge on any atom is 0.334 e. The molecule has 1 aliphatic carbocycles. The number of piperazine rings is 1. The van der Waals surface area contributed by atoms with Crippen LogP contribution in [0.3, 0.4) is 0 Å². The van der Waals surface area contributed by atoms with Gasteiger partial charge in [0, 0.05) is 43.4 Å². The molecule has 3 atom stereocenters. The predicted molar refractivity (Wildman–Crippen MR) is 185 cm³/mol. The van der Waals surface area contributed by atoms with Crippen LogP contribution in [0, 0.1) is 5.92 Å². The third kappa shape index (κ3) is 6.68. The fraction of sp³-hybridized carbons (Fsp3) is 0.270. The summed E-state index contributed by atoms with van der Waals surface area (Å²) in [6.45, 7) is 1.19. The van der Waals surface area contributed by atoms with Crippen molar-refractivity contribution in [2.75, 3.05) is 32.4 Å². The number of fused-ring (bicyclic) bond motifs is 2. The number of nitrogen functional groups attached to an aromatic ring is 1. The molecule has 4 N–H and O–H groups in total. The number of carbonyl (C=O) groups excluding carboxylic acids is 3. The fourth-order valence-electron chi connectivity index (χ4n) is 6.95. The summed E-state index contributed by atoms with van der Waals surface area (Å²) in [5, 5.41) is 21.0. The molecule has 49 heavy (non-hydrogen) atoms. The Balaban J connectivity index is 1.17. The van der Waals surface area contributed by atoms with Gasteiger partial charge in [0.15, 0.2) is 12.8 Å². The van der Waals surface area contributed by atoms with E-state index in [1.807, 2.05) is 71.4 Å². The van der Waals surface area contributed by atoms with Gasteiger partial charge in [-0.25, -0.2) is 14.8 Å². The van der Waals surface area contributed by atoms with Gasteiger partial charge in [-0.15, -0.1) is 0 Å². The van der Waals surface area contributed by atoms with Crippen molar-refractivity contribution in [2.45, 2.75) is 31.7 Å². The molecule has 12 heteroatoms. The van der Waals surface area contributed by atoms with Crippen LogP contribution >= 0.6 is 0 Å². The number of benzene rings is 3. The first-order valence-electron chi connectivity index (χ1n) is 16.4. The molecule has 0 aromatic heterocycles. The lowest BCUT2D eigenvalue weighted by Crippen LogP contribution is -2.76. The van der Waals surface area contributed by atoms with Gasteiger partial charge in [0.05, 0.1) is 13.1 Å². The zero-order valence-corrected chi connectivity index (χ0v) is 27.2. The molecule has 4 aliphatic rings. The van der Waals surface area contributed by atoms with Gasteiger partial charge in [-0.05, 0) is 40.5 Å². The van der Waals surface area contributed by atoms with E-state index in [0.717, 1.165) is 28.0 Å². The summed E-state index contributed by atoms with van der Waals surface area (Å²) in [5.74, 6) is -0.380. The first-order valence-corrected chi connectivity index (χ1v) is 16.4. The highest BCUT2D eigenvalue weighted by atomic mass is 16.3. The van der Waals surface area contributed by atoms with E-state index in [1.54, 1.807) is 51.1 Å². The van der Waals surface area contributed by atoms with Crippen molar-refractivity contribution >= 4 is 35.5 Å². The molecule has 2 fully saturated rings. The van der Waals surface area contributed by atoms with Gasteiger partial charge >= 0.3 is 6.03 Å². The molecule has 250 valence electrons. The van der Waals surface area contributed by atoms with Crippen molar-refractivity contribution in [3.8, 4) is 5.75 Å². The number of rotatable bonds is 8. The molecule has 7 rings (SSSR count). The number of nitrogens with two attached hydrogens (primary N) is 1. The Morgan fingerprint density at radius 2 is 1.80 bits per heavy atom. The number of aromatic hydroxyl groups is 1. The second kappa shape index (κ2) is 13.4. The smallest absolute Gasteiger partial charge is 0.334 e. The highest BCUT2D eigenvalue weighted by Crippen LogP contribution is 2.30. The zero-order chi connectivity index (χ0) is 34.1. The molecule has 0 spiro atoms. The van der Waals surface area contributed by atoms with Crippen LogP contribution in [0.5, 0.6) is 5.75 Å². The number of anilines is 1. The normalized spacial score (nSPS) is 21.9. The minimum absolute atomic E-state index is 0.0482. The number of likely N-dealkylation sites (N-methyl/N-ethyl adjacent to an activating group) is 1. The molecule has 0 bridgehead atoms. The van der Waals surface area contributed by atoms with E-state index < -0.39 is 12.2 Å². The molecule has 3 aliphatic heterocycles. The van der Waals surface area contributed by atoms with Crippen LogP contribution in [0.1, 0.15) is 16.7 Å². The van der Waals surface area contributed by atoms with E-state index in [9.17, 15) is 19.5 Å². The van der Waals surface area contributed by atoms with Crippen molar-refractivity contribution in [1.29, 1.82) is 0 Å². The van der Waals surface area contributed by atoms with E-state index in [4.69, 9.17) is 10.8 Å². The summed E-state index contributed by atoms with van der Waals surface area (Å²) in [6.07, 6.45) is 7.57. The second-order valence-electron chi connectivity index (χ2n) is 12.8. The number of nitrogens with zero attached hydrogens (tertiary/aromatic N) is 6. The first-order chi connectivity index (χ1) is 23.7. The van der Waals surface area contributed by atoms with Crippen molar-refractivity contribution in [2.24, 2.45) is 11.0 Å². The Morgan fingerprint density at radius 1 is 1.02 bits per heavy atom. The quantitative estimate of drug-likeness (QED) is 0.251. The second-order valence-corrected chi connectivity index (χ2v) is 12.8. The van der Waals surface area contributed by atoms with E-state index in [2.05, 4.69) is 17.6 Å². The molecule has 3 aromatic rings. The predicted octanol–water partition coefficient (Wildman–Crippen LogP) is 2.72. The molecule has 3 aromatic carbocycles. The van der Waals surface area contributed by atoms with Crippen molar-refractivity contribution in [3.05, 3.63) is 119 Å². The minimum Gasteiger partial charge on any atom is -0.508 e. The van der Waals surface area contributed by atoms with Gasteiger partial charge in [0.25, 0.3) is 0 Å². The van der Waals surface area contributed by atoms with E-state index in [-0.39, 0.29) is 55.6 Å². The highest BCUT2D eigenvalue weighted by Gasteiger charge is 2.51. The van der Waals surface area contributed by atoms with Gasteiger partial charge < -0.3 is 26.0 Å². The largest absolute Gasteiger partial charge is 0.508 e. The van der Waals surface area contributed by atoms with Crippen LogP contribution in [-0.4, -0.2) is 98.3 Å². The number of phenolic OH excluding ortho intramolecular Hbond substituents is 1. The Morgan fingerprint density at radius 3 is 2.57 bits per heavy atom. The number of urea groups is 1. The molecule has 3 heterocycles. The number of phenols is 1. The zero-order valence-electron chi connectivity index (χ0n) is 27.2. The summed E-state index contributed by atoms with van der Waals surface area (Å²) >= 11 is 0. The molecule has 4 amide bonds. The molecule has 0 radical (unpaired) electrons. The van der Waals surface area contributed by atoms with E-state index in [0.29, 0.717) is 18.8 Å². The lowest BCUT2D eigenvalue weighted by Gasteiger charge is -2.54. The van der Waals surface area contributed by atoms with E-state index in [1.165, 1.54) is 0 Å². The average molecular weight is 660 g/mol. The molecule has 1 unspecified atom stereocenters. The van der Waals surface area contributed by atoms with Gasteiger partial charge in [0.2, 0.25) is 11.8 Å². The van der Waals surface area contributed by atoms with Crippen LogP contribution in [0.25, 0.3) is 0 Å². The van der Waals surface area contributed by atoms with Crippen molar-refractivity contribution in [1.82, 2.24) is 25.1 Å². The third-order valence-electron chi connectivity index (χ3n) is 9.29. The maximum absolute atomic E-state index is 14.4. The number of hydrazone groups is 1. The van der Waals surface area contributed by atoms with Crippen LogP contribution in [0.15, 0.2) is 108 Å². The standard InChI is InChI=1S/C37H38N8O4/c1-41-24-34(47)44-32(18-25-13-15-31(46)16-14-25)36(48)42(23-33(44)45(41)37(49)39-19-26-7-3-2-4-8-26)21-28-10-6-11-29-22-43(40-35(28)29)20-27-9-5-12-30(38)17-27/h2-17,22,29,32-33H,18-21,23-24,38H2,1H3,(H-,39,46,49)/p+1/t29?,32-,33-/m0/s1. The van der Waals surface area contributed by atoms with Gasteiger partial charge in [-0.2, -0.15) is 0 Å².